The van der Waals surface area contributed by atoms with Gasteiger partial charge in [-0.15, -0.1) is 0 Å². The molecule has 6 rings (SSSR count). The molecule has 0 spiro atoms. The Morgan fingerprint density at radius 3 is 2.89 bits per heavy atom. The van der Waals surface area contributed by atoms with Gasteiger partial charge in [-0.3, -0.25) is 9.78 Å². The van der Waals surface area contributed by atoms with Gasteiger partial charge in [0.1, 0.15) is 11.2 Å². The van der Waals surface area contributed by atoms with E-state index in [0.29, 0.717) is 65.7 Å². The molecule has 10 heteroatoms. The number of aromatic nitrogens is 2. The summed E-state index contributed by atoms with van der Waals surface area (Å²) in [7, 11) is 0. The van der Waals surface area contributed by atoms with E-state index in [1.54, 1.807) is 18.5 Å². The minimum absolute atomic E-state index is 0.0376. The monoisotopic (exact) mass is 529 g/mol. The van der Waals surface area contributed by atoms with Gasteiger partial charge < -0.3 is 24.3 Å². The van der Waals surface area contributed by atoms with Crippen LogP contribution in [0, 0.1) is 5.92 Å². The van der Waals surface area contributed by atoms with Gasteiger partial charge >= 0.3 is 0 Å². The van der Waals surface area contributed by atoms with Crippen molar-refractivity contribution in [2.24, 2.45) is 5.92 Å². The average molecular weight is 530 g/mol. The highest BCUT2D eigenvalue weighted by atomic mass is 35.5. The van der Waals surface area contributed by atoms with Crippen LogP contribution in [0.5, 0.6) is 0 Å². The Morgan fingerprint density at radius 1 is 1.22 bits per heavy atom. The number of pyridine rings is 1. The van der Waals surface area contributed by atoms with Crippen LogP contribution in [0.3, 0.4) is 0 Å². The molecular formula is C26H29Cl2N5O3. The second-order valence-corrected chi connectivity index (χ2v) is 10.8. The van der Waals surface area contributed by atoms with Gasteiger partial charge in [0.15, 0.2) is 11.7 Å². The molecule has 3 aromatic rings. The maximum atomic E-state index is 13.6. The third-order valence-corrected chi connectivity index (χ3v) is 8.23. The molecule has 0 radical (unpaired) electrons. The number of hydrogen-bond donors (Lipinski definition) is 1. The van der Waals surface area contributed by atoms with Crippen molar-refractivity contribution in [3.05, 3.63) is 45.7 Å². The number of fused-ring (bicyclic) bond motifs is 2. The van der Waals surface area contributed by atoms with Crippen molar-refractivity contribution in [3.8, 4) is 0 Å². The molecule has 1 amide bonds. The minimum Gasteiger partial charge on any atom is -0.421 e. The summed E-state index contributed by atoms with van der Waals surface area (Å²) in [6, 6.07) is 4.05. The molecule has 4 heterocycles. The fraction of sp³-hybridized carbons (Fsp3) is 0.500. The van der Waals surface area contributed by atoms with Crippen LogP contribution in [-0.2, 0) is 16.0 Å². The van der Waals surface area contributed by atoms with Crippen LogP contribution in [0.4, 0.5) is 11.7 Å². The fourth-order valence-corrected chi connectivity index (χ4v) is 6.17. The zero-order valence-electron chi connectivity index (χ0n) is 20.2. The zero-order chi connectivity index (χ0) is 24.8. The van der Waals surface area contributed by atoms with Gasteiger partial charge in [-0.05, 0) is 55.4 Å². The number of morpholine rings is 1. The number of hydrogen-bond acceptors (Lipinski definition) is 7. The summed E-state index contributed by atoms with van der Waals surface area (Å²) in [6.45, 7) is 4.96. The maximum Gasteiger partial charge on any atom is 0.295 e. The van der Waals surface area contributed by atoms with E-state index < -0.39 is 6.10 Å². The molecule has 1 saturated heterocycles. The number of carbonyl (C=O) groups excluding carboxylic acids is 1. The Balaban J connectivity index is 1.19. The van der Waals surface area contributed by atoms with E-state index in [0.717, 1.165) is 23.4 Å². The Bertz CT molecular complexity index is 1290. The van der Waals surface area contributed by atoms with Gasteiger partial charge in [-0.1, -0.05) is 29.6 Å². The molecule has 3 aliphatic rings. The molecule has 1 aliphatic carbocycles. The Morgan fingerprint density at radius 2 is 2.08 bits per heavy atom. The van der Waals surface area contributed by atoms with E-state index in [9.17, 15) is 4.79 Å². The maximum absolute atomic E-state index is 13.6. The third kappa shape index (κ3) is 4.40. The molecule has 2 atom stereocenters. The predicted octanol–water partition coefficient (Wildman–Crippen LogP) is 5.09. The smallest absolute Gasteiger partial charge is 0.295 e. The first-order valence-electron chi connectivity index (χ1n) is 12.6. The normalized spacial score (nSPS) is 22.4. The van der Waals surface area contributed by atoms with E-state index in [-0.39, 0.29) is 11.9 Å². The van der Waals surface area contributed by atoms with Crippen LogP contribution in [0.1, 0.15) is 43.4 Å². The van der Waals surface area contributed by atoms with Crippen LogP contribution < -0.4 is 10.2 Å². The van der Waals surface area contributed by atoms with Crippen molar-refractivity contribution < 1.29 is 13.9 Å². The second-order valence-electron chi connectivity index (χ2n) is 9.93. The van der Waals surface area contributed by atoms with E-state index in [1.807, 2.05) is 17.9 Å². The number of anilines is 2. The number of nitrogens with one attached hydrogen (secondary N) is 1. The van der Waals surface area contributed by atoms with Gasteiger partial charge in [0, 0.05) is 29.7 Å². The largest absolute Gasteiger partial charge is 0.421 e. The number of rotatable bonds is 5. The first-order valence-corrected chi connectivity index (χ1v) is 13.4. The quantitative estimate of drug-likeness (QED) is 0.492. The molecule has 0 unspecified atom stereocenters. The number of ether oxygens (including phenoxy) is 1. The molecule has 36 heavy (non-hydrogen) atoms. The summed E-state index contributed by atoms with van der Waals surface area (Å²) in [5.74, 6) is 0.657. The summed E-state index contributed by atoms with van der Waals surface area (Å²) >= 11 is 12.7. The third-order valence-electron chi connectivity index (χ3n) is 7.70. The van der Waals surface area contributed by atoms with E-state index in [1.165, 1.54) is 19.3 Å². The van der Waals surface area contributed by atoms with Crippen molar-refractivity contribution in [1.82, 2.24) is 14.9 Å². The fourth-order valence-electron chi connectivity index (χ4n) is 5.48. The van der Waals surface area contributed by atoms with Crippen LogP contribution in [0.25, 0.3) is 11.1 Å². The van der Waals surface area contributed by atoms with Crippen molar-refractivity contribution in [1.29, 1.82) is 0 Å². The minimum atomic E-state index is -0.594. The van der Waals surface area contributed by atoms with E-state index in [2.05, 4.69) is 20.2 Å². The first-order chi connectivity index (χ1) is 17.5. The summed E-state index contributed by atoms with van der Waals surface area (Å²) in [4.78, 5) is 26.6. The molecule has 2 fully saturated rings. The Labute approximate surface area is 219 Å². The lowest BCUT2D eigenvalue weighted by Crippen LogP contribution is -2.53. The molecule has 1 aromatic carbocycles. The van der Waals surface area contributed by atoms with E-state index in [4.69, 9.17) is 32.4 Å². The van der Waals surface area contributed by atoms with Gasteiger partial charge in [0.05, 0.1) is 31.6 Å². The van der Waals surface area contributed by atoms with Crippen molar-refractivity contribution >= 4 is 51.9 Å². The van der Waals surface area contributed by atoms with Crippen molar-refractivity contribution in [3.63, 3.8) is 0 Å². The number of halogens is 2. The number of carbonyl (C=O) groups is 1. The highest BCUT2D eigenvalue weighted by Crippen LogP contribution is 2.38. The average Bonchev–Trinajstić information content (AvgIpc) is 3.25. The Hall–Kier alpha value is -2.55. The van der Waals surface area contributed by atoms with Crippen LogP contribution >= 0.6 is 23.2 Å². The molecule has 2 aliphatic heterocycles. The summed E-state index contributed by atoms with van der Waals surface area (Å²) in [5.41, 5.74) is 4.27. The highest BCUT2D eigenvalue weighted by Gasteiger charge is 2.36. The standard InChI is InChI=1S/C26H29Cl2N5O3/c1-15-23-17(9-18(27)10-19(23)28)5-6-33(15)25(34)22-14-32(7-8-35-22)21-13-29-12-20-24(21)36-26(31-20)30-11-16-3-2-4-16/h9-10,12-13,15-16,22H,2-8,11,14H2,1H3,(H,30,31)/t15-,22+/m0/s1. The molecule has 2 aromatic heterocycles. The van der Waals surface area contributed by atoms with Crippen molar-refractivity contribution in [2.45, 2.75) is 44.8 Å². The van der Waals surface area contributed by atoms with Crippen molar-refractivity contribution in [2.75, 3.05) is 43.0 Å². The summed E-state index contributed by atoms with van der Waals surface area (Å²) < 4.78 is 12.1. The topological polar surface area (TPSA) is 83.7 Å². The van der Waals surface area contributed by atoms with Gasteiger partial charge in [0.25, 0.3) is 11.9 Å². The Kier molecular flexibility index (Phi) is 6.44. The molecule has 0 bridgehead atoms. The predicted molar refractivity (Wildman–Crippen MR) is 140 cm³/mol. The lowest BCUT2D eigenvalue weighted by Gasteiger charge is -2.40. The van der Waals surface area contributed by atoms with Gasteiger partial charge in [-0.2, -0.15) is 4.98 Å². The molecular weight excluding hydrogens is 501 g/mol. The van der Waals surface area contributed by atoms with Gasteiger partial charge in [0.2, 0.25) is 0 Å². The number of amides is 1. The highest BCUT2D eigenvalue weighted by molar-refractivity contribution is 6.35. The summed E-state index contributed by atoms with van der Waals surface area (Å²) in [6.07, 6.45) is 7.41. The van der Waals surface area contributed by atoms with Crippen LogP contribution in [0.2, 0.25) is 10.0 Å². The van der Waals surface area contributed by atoms with Crippen LogP contribution in [-0.4, -0.2) is 59.7 Å². The first kappa shape index (κ1) is 23.8. The molecule has 1 saturated carbocycles. The SMILES string of the molecule is C[C@H]1c2c(Cl)cc(Cl)cc2CCN1C(=O)[C@H]1CN(c2cncc3nc(NCC4CCC4)oc23)CCO1. The van der Waals surface area contributed by atoms with Crippen LogP contribution in [0.15, 0.2) is 28.9 Å². The van der Waals surface area contributed by atoms with E-state index >= 15 is 0 Å². The number of benzene rings is 1. The second kappa shape index (κ2) is 9.72. The summed E-state index contributed by atoms with van der Waals surface area (Å²) in [5, 5.41) is 4.54. The number of nitrogens with zero attached hydrogens (tertiary/aromatic N) is 4. The lowest BCUT2D eigenvalue weighted by molar-refractivity contribution is -0.147. The lowest BCUT2D eigenvalue weighted by atomic mass is 9.85. The van der Waals surface area contributed by atoms with Gasteiger partial charge in [-0.25, -0.2) is 0 Å². The molecule has 190 valence electrons. The zero-order valence-corrected chi connectivity index (χ0v) is 21.7. The molecule has 8 nitrogen and oxygen atoms in total. The molecule has 1 N–H and O–H groups in total. The number of oxazole rings is 1.